The summed E-state index contributed by atoms with van der Waals surface area (Å²) in [5.41, 5.74) is 1.44. The molecule has 5 heterocycles. The summed E-state index contributed by atoms with van der Waals surface area (Å²) in [6.07, 6.45) is 3.55. The number of anilines is 2. The van der Waals surface area contributed by atoms with E-state index in [0.717, 1.165) is 86.9 Å². The number of pyridine rings is 1. The van der Waals surface area contributed by atoms with Gasteiger partial charge >= 0.3 is 11.9 Å². The third kappa shape index (κ3) is 8.22. The van der Waals surface area contributed by atoms with E-state index in [1.165, 1.54) is 10.6 Å². The molecule has 15 nitrogen and oxygen atoms in total. The summed E-state index contributed by atoms with van der Waals surface area (Å²) in [6.45, 7) is 2.29. The van der Waals surface area contributed by atoms with Gasteiger partial charge in [0.2, 0.25) is 11.8 Å². The average molecular weight is 832 g/mol. The van der Waals surface area contributed by atoms with E-state index in [4.69, 9.17) is 9.84 Å². The second-order valence-corrected chi connectivity index (χ2v) is 16.1. The van der Waals surface area contributed by atoms with Gasteiger partial charge in [-0.1, -0.05) is 12.1 Å². The van der Waals surface area contributed by atoms with Crippen LogP contribution in [0.25, 0.3) is 21.9 Å². The van der Waals surface area contributed by atoms with Crippen molar-refractivity contribution >= 4 is 51.0 Å². The van der Waals surface area contributed by atoms with Crippen molar-refractivity contribution in [3.8, 4) is 5.75 Å². The molecule has 60 heavy (non-hydrogen) atoms. The largest absolute Gasteiger partial charge is 0.489 e. The molecule has 3 amide bonds. The summed E-state index contributed by atoms with van der Waals surface area (Å²) in [4.78, 5) is 59.3. The van der Waals surface area contributed by atoms with Gasteiger partial charge in [-0.2, -0.15) is 18.3 Å². The van der Waals surface area contributed by atoms with Crippen LogP contribution in [0.3, 0.4) is 0 Å². The molecule has 3 aromatic heterocycles. The van der Waals surface area contributed by atoms with Crippen molar-refractivity contribution in [2.24, 2.45) is 13.0 Å². The van der Waals surface area contributed by atoms with Crippen LogP contribution in [0.1, 0.15) is 79.6 Å². The molecule has 2 aliphatic heterocycles. The number of ether oxygens (including phenoxy) is 1. The number of rotatable bonds is 11. The van der Waals surface area contributed by atoms with Crippen molar-refractivity contribution in [2.75, 3.05) is 50.1 Å². The fourth-order valence-electron chi connectivity index (χ4n) is 9.14. The van der Waals surface area contributed by atoms with Crippen LogP contribution in [0.4, 0.5) is 24.5 Å². The maximum atomic E-state index is 13.5. The van der Waals surface area contributed by atoms with E-state index >= 15 is 0 Å². The Bertz CT molecular complexity index is 2480. The number of imide groups is 1. The molecule has 3 fully saturated rings. The first-order chi connectivity index (χ1) is 28.8. The first kappa shape index (κ1) is 41.0. The first-order valence-electron chi connectivity index (χ1n) is 20.4. The molecular weight excluding hydrogens is 784 g/mol. The lowest BCUT2D eigenvalue weighted by molar-refractivity contribution is -0.141. The minimum atomic E-state index is -4.70. The van der Waals surface area contributed by atoms with E-state index in [1.54, 1.807) is 23.7 Å². The zero-order valence-electron chi connectivity index (χ0n) is 33.5. The first-order valence-corrected chi connectivity index (χ1v) is 20.4. The Hall–Kier alpha value is -5.75. The number of para-hydroxylation sites is 1. The number of amides is 3. The van der Waals surface area contributed by atoms with Gasteiger partial charge in [0.15, 0.2) is 0 Å². The summed E-state index contributed by atoms with van der Waals surface area (Å²) in [7, 11) is 3.94. The number of hydrogen-bond donors (Lipinski definition) is 3. The Kier molecular flexibility index (Phi) is 11.4. The fraction of sp³-hybridized carbons (Fsp3) is 0.476. The monoisotopic (exact) mass is 831 g/mol. The van der Waals surface area contributed by atoms with Crippen LogP contribution in [-0.2, 0) is 22.8 Å². The highest BCUT2D eigenvalue weighted by atomic mass is 19.4. The van der Waals surface area contributed by atoms with Crippen molar-refractivity contribution in [1.29, 1.82) is 0 Å². The van der Waals surface area contributed by atoms with Crippen molar-refractivity contribution in [2.45, 2.75) is 75.7 Å². The highest BCUT2D eigenvalue weighted by Gasteiger charge is 2.35. The summed E-state index contributed by atoms with van der Waals surface area (Å²) in [5, 5.41) is 20.0. The number of carbonyl (C=O) groups is 3. The Morgan fingerprint density at radius 1 is 1.02 bits per heavy atom. The smallest absolute Gasteiger partial charge is 0.433 e. The quantitative estimate of drug-likeness (QED) is 0.154. The van der Waals surface area contributed by atoms with E-state index in [0.29, 0.717) is 23.0 Å². The maximum absolute atomic E-state index is 13.5. The lowest BCUT2D eigenvalue weighted by Crippen LogP contribution is -2.45. The van der Waals surface area contributed by atoms with Crippen LogP contribution in [0.2, 0.25) is 0 Å². The molecular formula is C42H48F3N9O6. The molecule has 8 rings (SSSR count). The number of aliphatic hydroxyl groups excluding tert-OH is 1. The molecule has 0 spiro atoms. The molecule has 0 radical (unpaired) electrons. The number of halogens is 3. The van der Waals surface area contributed by atoms with Gasteiger partial charge in [0.05, 0.1) is 40.6 Å². The number of imidazole rings is 1. The number of nitrogens with one attached hydrogen (secondary N) is 2. The molecule has 1 saturated carbocycles. The fourth-order valence-corrected chi connectivity index (χ4v) is 9.14. The molecule has 3 N–H and O–H groups in total. The number of piperidine rings is 2. The predicted molar refractivity (Wildman–Crippen MR) is 217 cm³/mol. The van der Waals surface area contributed by atoms with E-state index in [9.17, 15) is 37.5 Å². The van der Waals surface area contributed by atoms with Crippen molar-refractivity contribution in [3.05, 3.63) is 76.6 Å². The number of alkyl halides is 3. The van der Waals surface area contributed by atoms with Gasteiger partial charge in [0.25, 0.3) is 5.91 Å². The van der Waals surface area contributed by atoms with Crippen molar-refractivity contribution in [3.63, 3.8) is 0 Å². The molecule has 18 heteroatoms. The summed E-state index contributed by atoms with van der Waals surface area (Å²) < 4.78 is 50.5. The predicted octanol–water partition coefficient (Wildman–Crippen LogP) is 5.04. The number of nitrogens with zero attached hydrogens (tertiary/aromatic N) is 7. The average Bonchev–Trinajstić information content (AvgIpc) is 3.77. The van der Waals surface area contributed by atoms with E-state index in [-0.39, 0.29) is 55.1 Å². The summed E-state index contributed by atoms with van der Waals surface area (Å²) in [6, 6.07) is 12.1. The number of hydrogen-bond acceptors (Lipinski definition) is 10. The second kappa shape index (κ2) is 16.7. The minimum Gasteiger partial charge on any atom is -0.489 e. The highest BCUT2D eigenvalue weighted by molar-refractivity contribution is 6.05. The van der Waals surface area contributed by atoms with Crippen molar-refractivity contribution in [1.82, 2.24) is 34.1 Å². The highest BCUT2D eigenvalue weighted by Crippen LogP contribution is 2.37. The Morgan fingerprint density at radius 3 is 2.48 bits per heavy atom. The van der Waals surface area contributed by atoms with Crippen LogP contribution in [0.15, 0.2) is 59.5 Å². The number of aryl methyl sites for hydroxylation is 1. The lowest BCUT2D eigenvalue weighted by Gasteiger charge is -2.40. The van der Waals surface area contributed by atoms with Gasteiger partial charge in [-0.05, 0) is 88.2 Å². The number of aromatic nitrogens is 5. The number of fused-ring (bicyclic) bond motifs is 2. The van der Waals surface area contributed by atoms with Crippen LogP contribution in [0, 0.1) is 5.92 Å². The van der Waals surface area contributed by atoms with Crippen LogP contribution in [-0.4, -0.2) is 97.6 Å². The zero-order chi connectivity index (χ0) is 42.3. The van der Waals surface area contributed by atoms with Gasteiger partial charge in [0, 0.05) is 56.8 Å². The molecule has 2 saturated heterocycles. The van der Waals surface area contributed by atoms with Crippen LogP contribution in [0.5, 0.6) is 5.75 Å². The number of carbonyl (C=O) groups excluding carboxylic acids is 3. The molecule has 5 aromatic rings. The van der Waals surface area contributed by atoms with Gasteiger partial charge in [0.1, 0.15) is 29.8 Å². The van der Waals surface area contributed by atoms with E-state index in [2.05, 4.69) is 32.5 Å². The van der Waals surface area contributed by atoms with Crippen LogP contribution >= 0.6 is 0 Å². The number of aliphatic hydroxyl groups is 1. The molecule has 1 unspecified atom stereocenters. The van der Waals surface area contributed by atoms with E-state index < -0.39 is 35.4 Å². The topological polar surface area (TPSA) is 169 Å². The second-order valence-electron chi connectivity index (χ2n) is 16.1. The van der Waals surface area contributed by atoms with Gasteiger partial charge in [-0.25, -0.2) is 9.78 Å². The number of benzene rings is 2. The Labute approximate surface area is 343 Å². The van der Waals surface area contributed by atoms with Crippen LogP contribution < -0.4 is 26.0 Å². The normalized spacial score (nSPS) is 20.6. The van der Waals surface area contributed by atoms with Gasteiger partial charge in [-0.15, -0.1) is 0 Å². The molecule has 2 aromatic carbocycles. The summed E-state index contributed by atoms with van der Waals surface area (Å²) in [5.74, 6) is -0.848. The molecule has 0 bridgehead atoms. The minimum absolute atomic E-state index is 0.0595. The van der Waals surface area contributed by atoms with E-state index in [1.807, 2.05) is 29.1 Å². The van der Waals surface area contributed by atoms with Gasteiger partial charge < -0.3 is 25.0 Å². The SMILES string of the molecule is CN(C[C@H]1CC[C@H](n2cc3cc(NC(=O)c4cccc(C(F)(F)F)n4)c(OCCO)cc3n2)CC1)C1CCN(c2cccc3c2n(C)c(=O)n3C2CCC(=O)NC2=O)CC1. The zero-order valence-corrected chi connectivity index (χ0v) is 33.5. The Morgan fingerprint density at radius 2 is 1.77 bits per heavy atom. The van der Waals surface area contributed by atoms with Crippen molar-refractivity contribution < 1.29 is 37.4 Å². The molecule has 1 atom stereocenters. The third-order valence-electron chi connectivity index (χ3n) is 12.3. The maximum Gasteiger partial charge on any atom is 0.433 e. The lowest BCUT2D eigenvalue weighted by atomic mass is 9.85. The standard InChI is InChI=1S/C42H48F3N9O6/c1-50(27-15-17-52(18-16-27)32-6-4-7-33-38(32)51(2)41(59)54(33)34-13-14-37(56)48-40(34)58)23-25-9-11-28(12-10-25)53-24-26-21-31(35(60-20-19-55)22-30(26)49-53)47-39(57)29-5-3-8-36(46-29)42(43,44)45/h3-8,21-22,24-25,27-28,34,55H,9-20,23H2,1-2H3,(H,47,57)(H,48,56,58)/t25-,28-,34?. The molecule has 318 valence electrons. The van der Waals surface area contributed by atoms with Gasteiger partial charge in [-0.3, -0.25) is 33.5 Å². The Balaban J connectivity index is 0.877. The third-order valence-corrected chi connectivity index (χ3v) is 12.3. The molecule has 1 aliphatic carbocycles. The summed E-state index contributed by atoms with van der Waals surface area (Å²) >= 11 is 0. The molecule has 3 aliphatic rings.